The summed E-state index contributed by atoms with van der Waals surface area (Å²) in [4.78, 5) is 48.7. The Morgan fingerprint density at radius 3 is 2.57 bits per heavy atom. The van der Waals surface area contributed by atoms with Crippen molar-refractivity contribution in [1.29, 1.82) is 0 Å². The molecule has 0 spiro atoms. The van der Waals surface area contributed by atoms with Gasteiger partial charge in [0.1, 0.15) is 5.69 Å². The van der Waals surface area contributed by atoms with Crippen LogP contribution in [-0.2, 0) is 19.1 Å². The van der Waals surface area contributed by atoms with Crippen LogP contribution in [-0.4, -0.2) is 40.8 Å². The van der Waals surface area contributed by atoms with Crippen molar-refractivity contribution in [3.8, 4) is 0 Å². The maximum atomic E-state index is 12.4. The largest absolute Gasteiger partial charge is 0.455 e. The molecular weight excluding hydrogens is 390 g/mol. The average Bonchev–Trinajstić information content (AvgIpc) is 3.14. The van der Waals surface area contributed by atoms with Crippen molar-refractivity contribution in [1.82, 2.24) is 4.90 Å². The van der Waals surface area contributed by atoms with Gasteiger partial charge in [-0.15, -0.1) is 0 Å². The van der Waals surface area contributed by atoms with E-state index in [1.807, 2.05) is 37.3 Å². The molecule has 0 unspecified atom stereocenters. The SMILES string of the molecule is C[C@@H](c1ccccc1)N1C[C@@H](C(=O)OCC(=O)Nc2ccccc2[N+](=O)[O-])CC1=O. The molecule has 9 nitrogen and oxygen atoms in total. The van der Waals surface area contributed by atoms with Crippen LogP contribution in [0.3, 0.4) is 0 Å². The van der Waals surface area contributed by atoms with E-state index in [9.17, 15) is 24.5 Å². The lowest BCUT2D eigenvalue weighted by atomic mass is 10.1. The van der Waals surface area contributed by atoms with E-state index in [4.69, 9.17) is 4.74 Å². The van der Waals surface area contributed by atoms with Crippen molar-refractivity contribution in [3.63, 3.8) is 0 Å². The summed E-state index contributed by atoms with van der Waals surface area (Å²) in [5, 5.41) is 13.4. The minimum atomic E-state index is -0.698. The zero-order chi connectivity index (χ0) is 21.7. The number of benzene rings is 2. The van der Waals surface area contributed by atoms with Crippen molar-refractivity contribution in [2.75, 3.05) is 18.5 Å². The number of hydrogen-bond donors (Lipinski definition) is 1. The lowest BCUT2D eigenvalue weighted by molar-refractivity contribution is -0.383. The van der Waals surface area contributed by atoms with E-state index >= 15 is 0 Å². The van der Waals surface area contributed by atoms with Gasteiger partial charge in [-0.05, 0) is 18.6 Å². The molecule has 1 saturated heterocycles. The number of likely N-dealkylation sites (tertiary alicyclic amines) is 1. The average molecular weight is 411 g/mol. The van der Waals surface area contributed by atoms with Crippen molar-refractivity contribution >= 4 is 29.2 Å². The molecule has 2 atom stereocenters. The molecule has 9 heteroatoms. The van der Waals surface area contributed by atoms with Crippen LogP contribution >= 0.6 is 0 Å². The summed E-state index contributed by atoms with van der Waals surface area (Å²) in [6.07, 6.45) is 0.0157. The normalized spacial score (nSPS) is 16.8. The topological polar surface area (TPSA) is 119 Å². The molecular formula is C21H21N3O6. The molecule has 30 heavy (non-hydrogen) atoms. The van der Waals surface area contributed by atoms with Crippen molar-refractivity contribution in [2.24, 2.45) is 5.92 Å². The Morgan fingerprint density at radius 1 is 1.20 bits per heavy atom. The molecule has 2 aromatic carbocycles. The van der Waals surface area contributed by atoms with Crippen LogP contribution in [0.2, 0.25) is 0 Å². The number of rotatable bonds is 7. The highest BCUT2D eigenvalue weighted by atomic mass is 16.6. The molecule has 0 saturated carbocycles. The van der Waals surface area contributed by atoms with E-state index in [0.29, 0.717) is 0 Å². The van der Waals surface area contributed by atoms with Crippen molar-refractivity contribution in [2.45, 2.75) is 19.4 Å². The third-order valence-electron chi connectivity index (χ3n) is 4.96. The number of carbonyl (C=O) groups is 3. The van der Waals surface area contributed by atoms with Gasteiger partial charge in [-0.25, -0.2) is 0 Å². The zero-order valence-electron chi connectivity index (χ0n) is 16.3. The maximum absolute atomic E-state index is 12.4. The van der Waals surface area contributed by atoms with Crippen molar-refractivity contribution < 1.29 is 24.0 Å². The van der Waals surface area contributed by atoms with Crippen LogP contribution in [0.15, 0.2) is 54.6 Å². The van der Waals surface area contributed by atoms with Gasteiger partial charge in [0.05, 0.1) is 16.9 Å². The van der Waals surface area contributed by atoms with Gasteiger partial charge in [0.25, 0.3) is 11.6 Å². The predicted molar refractivity (Wildman–Crippen MR) is 107 cm³/mol. The lowest BCUT2D eigenvalue weighted by Crippen LogP contribution is -2.30. The van der Waals surface area contributed by atoms with E-state index in [1.165, 1.54) is 18.2 Å². The smallest absolute Gasteiger partial charge is 0.311 e. The summed E-state index contributed by atoms with van der Waals surface area (Å²) < 4.78 is 5.04. The lowest BCUT2D eigenvalue weighted by Gasteiger charge is -2.25. The first-order valence-electron chi connectivity index (χ1n) is 9.41. The number of nitro groups is 1. The number of carbonyl (C=O) groups excluding carboxylic acids is 3. The van der Waals surface area contributed by atoms with E-state index in [2.05, 4.69) is 5.32 Å². The predicted octanol–water partition coefficient (Wildman–Crippen LogP) is 2.69. The maximum Gasteiger partial charge on any atom is 0.311 e. The Bertz CT molecular complexity index is 962. The van der Waals surface area contributed by atoms with Gasteiger partial charge in [-0.1, -0.05) is 42.5 Å². The molecule has 1 fully saturated rings. The Kier molecular flexibility index (Phi) is 6.41. The molecule has 0 aliphatic carbocycles. The minimum Gasteiger partial charge on any atom is -0.455 e. The summed E-state index contributed by atoms with van der Waals surface area (Å²) in [7, 11) is 0. The fraction of sp³-hybridized carbons (Fsp3) is 0.286. The number of amides is 2. The Morgan fingerprint density at radius 2 is 1.87 bits per heavy atom. The minimum absolute atomic E-state index is 0.0157. The fourth-order valence-electron chi connectivity index (χ4n) is 3.35. The highest BCUT2D eigenvalue weighted by molar-refractivity contribution is 5.95. The molecule has 1 aliphatic heterocycles. The Hall–Kier alpha value is -3.75. The zero-order valence-corrected chi connectivity index (χ0v) is 16.3. The number of hydrogen-bond acceptors (Lipinski definition) is 6. The summed E-state index contributed by atoms with van der Waals surface area (Å²) in [6, 6.07) is 15.0. The van der Waals surface area contributed by atoms with Crippen LogP contribution in [0.4, 0.5) is 11.4 Å². The first kappa shape index (κ1) is 21.0. The molecule has 3 rings (SSSR count). The second kappa shape index (κ2) is 9.17. The molecule has 2 amide bonds. The molecule has 2 aromatic rings. The van der Waals surface area contributed by atoms with E-state index < -0.39 is 29.3 Å². The summed E-state index contributed by atoms with van der Waals surface area (Å²) in [5.74, 6) is -2.17. The molecule has 1 aliphatic rings. The molecule has 156 valence electrons. The van der Waals surface area contributed by atoms with Crippen LogP contribution in [0.25, 0.3) is 0 Å². The number of nitrogens with one attached hydrogen (secondary N) is 1. The fourth-order valence-corrected chi connectivity index (χ4v) is 3.35. The monoisotopic (exact) mass is 411 g/mol. The third-order valence-corrected chi connectivity index (χ3v) is 4.96. The quantitative estimate of drug-likeness (QED) is 0.425. The second-order valence-electron chi connectivity index (χ2n) is 6.96. The molecule has 1 N–H and O–H groups in total. The van der Waals surface area contributed by atoms with Crippen molar-refractivity contribution in [3.05, 3.63) is 70.3 Å². The van der Waals surface area contributed by atoms with Gasteiger partial charge < -0.3 is 15.0 Å². The number of nitrogens with zero attached hydrogens (tertiary/aromatic N) is 2. The van der Waals surface area contributed by atoms with Gasteiger partial charge in [0, 0.05) is 19.0 Å². The van der Waals surface area contributed by atoms with Crippen LogP contribution in [0.1, 0.15) is 24.9 Å². The molecule has 0 aromatic heterocycles. The number of anilines is 1. The highest BCUT2D eigenvalue weighted by Crippen LogP contribution is 2.29. The number of para-hydroxylation sites is 2. The van der Waals surface area contributed by atoms with E-state index in [-0.39, 0.29) is 36.3 Å². The van der Waals surface area contributed by atoms with Gasteiger partial charge in [-0.3, -0.25) is 24.5 Å². The molecule has 0 radical (unpaired) electrons. The summed E-state index contributed by atoms with van der Waals surface area (Å²) in [6.45, 7) is 1.50. The van der Waals surface area contributed by atoms with Gasteiger partial charge in [-0.2, -0.15) is 0 Å². The van der Waals surface area contributed by atoms with E-state index in [1.54, 1.807) is 11.0 Å². The number of ether oxygens (including phenoxy) is 1. The first-order chi connectivity index (χ1) is 14.4. The van der Waals surface area contributed by atoms with E-state index in [0.717, 1.165) is 5.56 Å². The molecule has 1 heterocycles. The second-order valence-corrected chi connectivity index (χ2v) is 6.96. The van der Waals surface area contributed by atoms with Gasteiger partial charge in [0.15, 0.2) is 6.61 Å². The van der Waals surface area contributed by atoms with Gasteiger partial charge in [0.2, 0.25) is 5.91 Å². The first-order valence-corrected chi connectivity index (χ1v) is 9.41. The molecule has 0 bridgehead atoms. The van der Waals surface area contributed by atoms with Crippen LogP contribution < -0.4 is 5.32 Å². The third kappa shape index (κ3) is 4.80. The van der Waals surface area contributed by atoms with Crippen LogP contribution in [0.5, 0.6) is 0 Å². The van der Waals surface area contributed by atoms with Gasteiger partial charge >= 0.3 is 5.97 Å². The Balaban J connectivity index is 1.54. The summed E-state index contributed by atoms with van der Waals surface area (Å²) >= 11 is 0. The van der Waals surface area contributed by atoms with Crippen LogP contribution in [0, 0.1) is 16.0 Å². The number of nitro benzene ring substituents is 1. The standard InChI is InChI=1S/C21H21N3O6/c1-14(15-7-3-2-4-8-15)23-12-16(11-20(23)26)21(27)30-13-19(25)22-17-9-5-6-10-18(17)24(28)29/h2-10,14,16H,11-13H2,1H3,(H,22,25)/t14-,16-/m0/s1. The number of esters is 1. The Labute approximate surface area is 172 Å². The highest BCUT2D eigenvalue weighted by Gasteiger charge is 2.38. The summed E-state index contributed by atoms with van der Waals surface area (Å²) in [5.41, 5.74) is 0.718.